The van der Waals surface area contributed by atoms with E-state index in [1.165, 1.54) is 11.8 Å². The molecule has 0 atom stereocenters. The van der Waals surface area contributed by atoms with Crippen molar-refractivity contribution in [2.45, 2.75) is 12.1 Å². The van der Waals surface area contributed by atoms with E-state index >= 15 is 0 Å². The van der Waals surface area contributed by atoms with Crippen molar-refractivity contribution in [2.24, 2.45) is 5.10 Å². The van der Waals surface area contributed by atoms with E-state index in [4.69, 9.17) is 27.9 Å². The largest absolute Gasteiger partial charge is 0.497 e. The number of hydrogen-bond acceptors (Lipinski definition) is 6. The molecular weight excluding hydrogens is 505 g/mol. The molecule has 0 spiro atoms. The minimum atomic E-state index is -0.278. The highest BCUT2D eigenvalue weighted by Gasteiger charge is 2.17. The second kappa shape index (κ2) is 11.4. The van der Waals surface area contributed by atoms with Crippen LogP contribution < -0.4 is 10.2 Å². The number of rotatable bonds is 8. The van der Waals surface area contributed by atoms with Crippen LogP contribution in [0.2, 0.25) is 10.0 Å². The molecule has 1 amide bonds. The molecule has 0 saturated heterocycles. The summed E-state index contributed by atoms with van der Waals surface area (Å²) < 4.78 is 7.19. The van der Waals surface area contributed by atoms with Crippen LogP contribution in [0.25, 0.3) is 17.1 Å². The summed E-state index contributed by atoms with van der Waals surface area (Å²) in [6, 6.07) is 22.5. The lowest BCUT2D eigenvalue weighted by atomic mass is 10.1. The van der Waals surface area contributed by atoms with Crippen molar-refractivity contribution >= 4 is 46.6 Å². The van der Waals surface area contributed by atoms with E-state index in [2.05, 4.69) is 20.7 Å². The monoisotopic (exact) mass is 525 g/mol. The van der Waals surface area contributed by atoms with Gasteiger partial charge < -0.3 is 4.74 Å². The lowest BCUT2D eigenvalue weighted by Crippen LogP contribution is -2.21. The van der Waals surface area contributed by atoms with Gasteiger partial charge in [-0.25, -0.2) is 5.43 Å². The first-order valence-electron chi connectivity index (χ1n) is 10.5. The zero-order valence-electron chi connectivity index (χ0n) is 18.9. The highest BCUT2D eigenvalue weighted by Crippen LogP contribution is 2.29. The Morgan fingerprint density at radius 1 is 1.03 bits per heavy atom. The van der Waals surface area contributed by atoms with Crippen LogP contribution in [0.15, 0.2) is 83.1 Å². The number of amides is 1. The summed E-state index contributed by atoms with van der Waals surface area (Å²) >= 11 is 13.3. The van der Waals surface area contributed by atoms with Crippen molar-refractivity contribution in [3.8, 4) is 22.8 Å². The summed E-state index contributed by atoms with van der Waals surface area (Å²) in [5.41, 5.74) is 5.71. The van der Waals surface area contributed by atoms with Crippen molar-refractivity contribution in [3.63, 3.8) is 0 Å². The Labute approximate surface area is 217 Å². The molecule has 1 heterocycles. The smallest absolute Gasteiger partial charge is 0.250 e. The minimum absolute atomic E-state index is 0.0984. The molecule has 3 aromatic carbocycles. The summed E-state index contributed by atoms with van der Waals surface area (Å²) in [4.78, 5) is 12.5. The Morgan fingerprint density at radius 3 is 2.46 bits per heavy atom. The SMILES string of the molecule is COc1ccc(-n2c(SCC(=O)NN=C(C)c3ccc(Cl)c(Cl)c3)nnc2-c2ccccc2)cc1. The lowest BCUT2D eigenvalue weighted by Gasteiger charge is -2.11. The number of nitrogens with zero attached hydrogens (tertiary/aromatic N) is 4. The van der Waals surface area contributed by atoms with Crippen molar-refractivity contribution in [2.75, 3.05) is 12.9 Å². The highest BCUT2D eigenvalue weighted by molar-refractivity contribution is 7.99. The summed E-state index contributed by atoms with van der Waals surface area (Å²) in [6.45, 7) is 1.78. The van der Waals surface area contributed by atoms with Crippen LogP contribution in [-0.4, -0.2) is 39.2 Å². The maximum Gasteiger partial charge on any atom is 0.250 e. The van der Waals surface area contributed by atoms with E-state index in [9.17, 15) is 4.79 Å². The van der Waals surface area contributed by atoms with Gasteiger partial charge in [0.15, 0.2) is 11.0 Å². The molecule has 1 aromatic heterocycles. The van der Waals surface area contributed by atoms with Gasteiger partial charge in [-0.15, -0.1) is 10.2 Å². The van der Waals surface area contributed by atoms with Gasteiger partial charge in [0.2, 0.25) is 0 Å². The molecule has 1 N–H and O–H groups in total. The van der Waals surface area contributed by atoms with Gasteiger partial charge in [0.25, 0.3) is 5.91 Å². The van der Waals surface area contributed by atoms with E-state index in [1.54, 1.807) is 32.2 Å². The average molecular weight is 526 g/mol. The number of hydrazone groups is 1. The zero-order valence-corrected chi connectivity index (χ0v) is 21.2. The van der Waals surface area contributed by atoms with Crippen LogP contribution in [0.4, 0.5) is 0 Å². The van der Waals surface area contributed by atoms with E-state index in [-0.39, 0.29) is 11.7 Å². The number of hydrogen-bond donors (Lipinski definition) is 1. The molecule has 0 aliphatic heterocycles. The molecule has 35 heavy (non-hydrogen) atoms. The quantitative estimate of drug-likeness (QED) is 0.176. The first-order valence-corrected chi connectivity index (χ1v) is 12.3. The van der Waals surface area contributed by atoms with Crippen LogP contribution in [0, 0.1) is 0 Å². The van der Waals surface area contributed by atoms with E-state index < -0.39 is 0 Å². The summed E-state index contributed by atoms with van der Waals surface area (Å²) in [5.74, 6) is 1.24. The van der Waals surface area contributed by atoms with E-state index in [0.29, 0.717) is 26.7 Å². The van der Waals surface area contributed by atoms with E-state index in [0.717, 1.165) is 22.6 Å². The maximum absolute atomic E-state index is 12.5. The summed E-state index contributed by atoms with van der Waals surface area (Å²) in [6.07, 6.45) is 0. The third-order valence-corrected chi connectivity index (χ3v) is 6.68. The Morgan fingerprint density at radius 2 is 1.77 bits per heavy atom. The number of methoxy groups -OCH3 is 1. The molecule has 0 fully saturated rings. The Hall–Kier alpha value is -3.33. The van der Waals surface area contributed by atoms with Crippen LogP contribution in [-0.2, 0) is 4.79 Å². The predicted octanol–water partition coefficient (Wildman–Crippen LogP) is 5.88. The van der Waals surface area contributed by atoms with Crippen LogP contribution >= 0.6 is 35.0 Å². The summed E-state index contributed by atoms with van der Waals surface area (Å²) in [5, 5.41) is 14.4. The fourth-order valence-corrected chi connectivity index (χ4v) is 4.24. The predicted molar refractivity (Wildman–Crippen MR) is 141 cm³/mol. The molecule has 7 nitrogen and oxygen atoms in total. The molecule has 4 rings (SSSR count). The molecule has 0 aliphatic rings. The molecule has 4 aromatic rings. The lowest BCUT2D eigenvalue weighted by molar-refractivity contribution is -0.118. The van der Waals surface area contributed by atoms with Crippen LogP contribution in [0.1, 0.15) is 12.5 Å². The summed E-state index contributed by atoms with van der Waals surface area (Å²) in [7, 11) is 1.62. The van der Waals surface area contributed by atoms with Crippen molar-refractivity contribution < 1.29 is 9.53 Å². The fourth-order valence-electron chi connectivity index (χ4n) is 3.20. The van der Waals surface area contributed by atoms with Crippen LogP contribution in [0.3, 0.4) is 0 Å². The standard InChI is InChI=1S/C25H21Cl2N5O2S/c1-16(18-8-13-21(26)22(27)14-18)28-29-23(33)15-35-25-31-30-24(17-6-4-3-5-7-17)32(25)19-9-11-20(34-2)12-10-19/h3-14H,15H2,1-2H3,(H,29,33). The van der Waals surface area contributed by atoms with Gasteiger partial charge in [0.05, 0.1) is 28.6 Å². The minimum Gasteiger partial charge on any atom is -0.497 e. The molecule has 178 valence electrons. The van der Waals surface area contributed by atoms with Crippen molar-refractivity contribution in [3.05, 3.63) is 88.4 Å². The second-order valence-electron chi connectivity index (χ2n) is 7.36. The topological polar surface area (TPSA) is 81.4 Å². The second-order valence-corrected chi connectivity index (χ2v) is 9.11. The number of thioether (sulfide) groups is 1. The van der Waals surface area contributed by atoms with Gasteiger partial charge in [-0.1, -0.05) is 71.4 Å². The normalized spacial score (nSPS) is 11.4. The molecular formula is C25H21Cl2N5O2S. The van der Waals surface area contributed by atoms with Gasteiger partial charge in [-0.2, -0.15) is 5.10 Å². The van der Waals surface area contributed by atoms with Crippen LogP contribution in [0.5, 0.6) is 5.75 Å². The number of halogens is 2. The Balaban J connectivity index is 1.52. The number of carbonyl (C=O) groups excluding carboxylic acids is 1. The number of ether oxygens (including phenoxy) is 1. The number of carbonyl (C=O) groups is 1. The van der Waals surface area contributed by atoms with E-state index in [1.807, 2.05) is 59.2 Å². The van der Waals surface area contributed by atoms with Gasteiger partial charge in [0, 0.05) is 11.3 Å². The maximum atomic E-state index is 12.5. The molecule has 10 heteroatoms. The van der Waals surface area contributed by atoms with Gasteiger partial charge in [-0.05, 0) is 48.9 Å². The molecule has 0 bridgehead atoms. The van der Waals surface area contributed by atoms with Gasteiger partial charge in [-0.3, -0.25) is 9.36 Å². The fraction of sp³-hybridized carbons (Fsp3) is 0.120. The first kappa shape index (κ1) is 24.8. The first-order chi connectivity index (χ1) is 17.0. The Bertz CT molecular complexity index is 1360. The highest BCUT2D eigenvalue weighted by atomic mass is 35.5. The van der Waals surface area contributed by atoms with Gasteiger partial charge >= 0.3 is 0 Å². The van der Waals surface area contributed by atoms with Crippen molar-refractivity contribution in [1.29, 1.82) is 0 Å². The molecule has 0 aliphatic carbocycles. The zero-order chi connectivity index (χ0) is 24.8. The molecule has 0 saturated carbocycles. The Kier molecular flexibility index (Phi) is 8.07. The third-order valence-electron chi connectivity index (χ3n) is 5.01. The third kappa shape index (κ3) is 6.03. The van der Waals surface area contributed by atoms with Crippen molar-refractivity contribution in [1.82, 2.24) is 20.2 Å². The average Bonchev–Trinajstić information content (AvgIpc) is 3.32. The van der Waals surface area contributed by atoms with Gasteiger partial charge in [0.1, 0.15) is 5.75 Å². The molecule has 0 unspecified atom stereocenters. The number of aromatic nitrogens is 3. The number of nitrogens with one attached hydrogen (secondary N) is 1. The number of benzene rings is 3. The molecule has 0 radical (unpaired) electrons.